The highest BCUT2D eigenvalue weighted by atomic mass is 35.5. The summed E-state index contributed by atoms with van der Waals surface area (Å²) in [6.45, 7) is 5.71. The van der Waals surface area contributed by atoms with Crippen LogP contribution in [0.4, 0.5) is 4.39 Å². The zero-order valence-corrected chi connectivity index (χ0v) is 18.4. The molecule has 0 spiro atoms. The summed E-state index contributed by atoms with van der Waals surface area (Å²) in [7, 11) is 0. The minimum atomic E-state index is -0.629. The molecule has 2 amide bonds. The van der Waals surface area contributed by atoms with E-state index in [1.807, 2.05) is 38.1 Å². The number of nitrogens with one attached hydrogen (secondary N) is 1. The number of nitrogens with zero attached hydrogens (tertiary/aromatic N) is 1. The number of hydrogen-bond acceptors (Lipinski definition) is 3. The summed E-state index contributed by atoms with van der Waals surface area (Å²) in [6, 6.07) is 12.8. The van der Waals surface area contributed by atoms with Crippen molar-refractivity contribution in [2.45, 2.75) is 50.7 Å². The highest BCUT2D eigenvalue weighted by molar-refractivity contribution is 7.99. The molecule has 0 aromatic heterocycles. The Balaban J connectivity index is 2.05. The topological polar surface area (TPSA) is 49.4 Å². The van der Waals surface area contributed by atoms with Crippen LogP contribution in [0.15, 0.2) is 53.4 Å². The van der Waals surface area contributed by atoms with Gasteiger partial charge in [-0.15, -0.1) is 11.8 Å². The molecule has 7 heteroatoms. The molecule has 1 N–H and O–H groups in total. The fraction of sp³-hybridized carbons (Fsp3) is 0.364. The van der Waals surface area contributed by atoms with Gasteiger partial charge in [0.2, 0.25) is 11.8 Å². The third kappa shape index (κ3) is 7.71. The number of thioether (sulfide) groups is 1. The Labute approximate surface area is 180 Å². The number of benzene rings is 2. The zero-order chi connectivity index (χ0) is 21.4. The van der Waals surface area contributed by atoms with Gasteiger partial charge >= 0.3 is 0 Å². The first-order chi connectivity index (χ1) is 13.8. The van der Waals surface area contributed by atoms with E-state index in [0.717, 1.165) is 10.5 Å². The molecule has 2 aromatic carbocycles. The first-order valence-corrected chi connectivity index (χ1v) is 10.8. The Hall–Kier alpha value is -2.05. The number of halogens is 2. The number of rotatable bonds is 9. The van der Waals surface area contributed by atoms with Crippen molar-refractivity contribution in [3.8, 4) is 0 Å². The molecule has 29 heavy (non-hydrogen) atoms. The Kier molecular flexibility index (Phi) is 8.99. The van der Waals surface area contributed by atoms with Crippen molar-refractivity contribution in [3.63, 3.8) is 0 Å². The molecule has 0 saturated heterocycles. The summed E-state index contributed by atoms with van der Waals surface area (Å²) in [5.74, 6) is -0.0848. The summed E-state index contributed by atoms with van der Waals surface area (Å²) in [5, 5.41) is 3.52. The van der Waals surface area contributed by atoms with Gasteiger partial charge in [-0.1, -0.05) is 23.7 Å². The Morgan fingerprint density at radius 2 is 1.69 bits per heavy atom. The predicted molar refractivity (Wildman–Crippen MR) is 116 cm³/mol. The van der Waals surface area contributed by atoms with Gasteiger partial charge in [0.1, 0.15) is 11.9 Å². The van der Waals surface area contributed by atoms with Gasteiger partial charge < -0.3 is 10.2 Å². The van der Waals surface area contributed by atoms with E-state index < -0.39 is 6.04 Å². The fourth-order valence-electron chi connectivity index (χ4n) is 2.70. The van der Waals surface area contributed by atoms with E-state index in [4.69, 9.17) is 11.6 Å². The Morgan fingerprint density at radius 3 is 2.28 bits per heavy atom. The third-order valence-corrected chi connectivity index (χ3v) is 5.53. The first kappa shape index (κ1) is 23.2. The van der Waals surface area contributed by atoms with Crippen LogP contribution in [0.5, 0.6) is 0 Å². The van der Waals surface area contributed by atoms with Crippen LogP contribution in [0.2, 0.25) is 5.02 Å². The van der Waals surface area contributed by atoms with Crippen LogP contribution in [0, 0.1) is 5.82 Å². The lowest BCUT2D eigenvalue weighted by molar-refractivity contribution is -0.140. The average Bonchev–Trinajstić information content (AvgIpc) is 2.68. The van der Waals surface area contributed by atoms with Gasteiger partial charge in [-0.3, -0.25) is 9.59 Å². The number of hydrogen-bond donors (Lipinski definition) is 1. The molecule has 156 valence electrons. The summed E-state index contributed by atoms with van der Waals surface area (Å²) >= 11 is 7.45. The van der Waals surface area contributed by atoms with Gasteiger partial charge in [0, 0.05) is 34.7 Å². The van der Waals surface area contributed by atoms with Gasteiger partial charge in [0.15, 0.2) is 0 Å². The minimum absolute atomic E-state index is 0.0202. The molecule has 0 saturated carbocycles. The maximum absolute atomic E-state index is 13.2. The van der Waals surface area contributed by atoms with Gasteiger partial charge in [-0.25, -0.2) is 4.39 Å². The summed E-state index contributed by atoms with van der Waals surface area (Å²) < 4.78 is 13.2. The van der Waals surface area contributed by atoms with E-state index in [-0.39, 0.29) is 36.6 Å². The largest absolute Gasteiger partial charge is 0.352 e. The van der Waals surface area contributed by atoms with Gasteiger partial charge in [-0.2, -0.15) is 0 Å². The quantitative estimate of drug-likeness (QED) is 0.568. The first-order valence-electron chi connectivity index (χ1n) is 9.49. The molecule has 0 aliphatic carbocycles. The lowest BCUT2D eigenvalue weighted by Gasteiger charge is -2.29. The van der Waals surface area contributed by atoms with E-state index >= 15 is 0 Å². The van der Waals surface area contributed by atoms with Crippen LogP contribution in [0.3, 0.4) is 0 Å². The van der Waals surface area contributed by atoms with Crippen molar-refractivity contribution < 1.29 is 14.0 Å². The van der Waals surface area contributed by atoms with Crippen molar-refractivity contribution in [1.29, 1.82) is 0 Å². The second-order valence-corrected chi connectivity index (χ2v) is 8.64. The molecule has 2 aromatic rings. The summed E-state index contributed by atoms with van der Waals surface area (Å²) in [4.78, 5) is 28.0. The third-order valence-electron chi connectivity index (χ3n) is 4.26. The van der Waals surface area contributed by atoms with E-state index in [9.17, 15) is 14.0 Å². The molecule has 0 bridgehead atoms. The Bertz CT molecular complexity index is 813. The Morgan fingerprint density at radius 1 is 1.07 bits per heavy atom. The normalized spacial score (nSPS) is 11.9. The van der Waals surface area contributed by atoms with Crippen molar-refractivity contribution in [1.82, 2.24) is 10.2 Å². The standard InChI is InChI=1S/C22H26ClFN2O2S/c1-15(2)25-22(28)16(3)26(14-17-4-8-19(24)9-5-17)21(27)12-13-29-20-10-6-18(23)7-11-20/h4-11,15-16H,12-14H2,1-3H3,(H,25,28)/t16-/m1/s1. The monoisotopic (exact) mass is 436 g/mol. The van der Waals surface area contributed by atoms with Crippen LogP contribution in [-0.4, -0.2) is 34.6 Å². The van der Waals surface area contributed by atoms with Gasteiger partial charge in [0.25, 0.3) is 0 Å². The maximum Gasteiger partial charge on any atom is 0.242 e. The van der Waals surface area contributed by atoms with Crippen LogP contribution in [0.1, 0.15) is 32.8 Å². The van der Waals surface area contributed by atoms with E-state index in [2.05, 4.69) is 5.32 Å². The van der Waals surface area contributed by atoms with Crippen molar-refractivity contribution in [2.24, 2.45) is 0 Å². The van der Waals surface area contributed by atoms with Crippen molar-refractivity contribution in [3.05, 3.63) is 64.9 Å². The van der Waals surface area contributed by atoms with Crippen molar-refractivity contribution >= 4 is 35.2 Å². The second kappa shape index (κ2) is 11.2. The molecule has 2 rings (SSSR count). The second-order valence-electron chi connectivity index (χ2n) is 7.04. The van der Waals surface area contributed by atoms with Gasteiger partial charge in [0.05, 0.1) is 0 Å². The lowest BCUT2D eigenvalue weighted by Crippen LogP contribution is -2.49. The number of carbonyl (C=O) groups excluding carboxylic acids is 2. The highest BCUT2D eigenvalue weighted by Crippen LogP contribution is 2.22. The average molecular weight is 437 g/mol. The summed E-state index contributed by atoms with van der Waals surface area (Å²) in [5.41, 5.74) is 0.773. The molecule has 0 aliphatic rings. The number of amides is 2. The zero-order valence-electron chi connectivity index (χ0n) is 16.8. The highest BCUT2D eigenvalue weighted by Gasteiger charge is 2.26. The molecule has 0 heterocycles. The SMILES string of the molecule is CC(C)NC(=O)[C@@H](C)N(Cc1ccc(F)cc1)C(=O)CCSc1ccc(Cl)cc1. The van der Waals surface area contributed by atoms with E-state index in [1.165, 1.54) is 12.1 Å². The van der Waals surface area contributed by atoms with E-state index in [1.54, 1.807) is 35.7 Å². The van der Waals surface area contributed by atoms with Gasteiger partial charge in [-0.05, 0) is 62.7 Å². The van der Waals surface area contributed by atoms with Crippen LogP contribution in [-0.2, 0) is 16.1 Å². The molecular weight excluding hydrogens is 411 g/mol. The smallest absolute Gasteiger partial charge is 0.242 e. The molecule has 0 unspecified atom stereocenters. The predicted octanol–water partition coefficient (Wildman–Crippen LogP) is 4.90. The lowest BCUT2D eigenvalue weighted by atomic mass is 10.1. The van der Waals surface area contributed by atoms with Crippen LogP contribution in [0.25, 0.3) is 0 Å². The van der Waals surface area contributed by atoms with Crippen LogP contribution < -0.4 is 5.32 Å². The molecule has 0 aliphatic heterocycles. The molecule has 0 radical (unpaired) electrons. The van der Waals surface area contributed by atoms with Crippen molar-refractivity contribution in [2.75, 3.05) is 5.75 Å². The molecule has 1 atom stereocenters. The fourth-order valence-corrected chi connectivity index (χ4v) is 3.67. The van der Waals surface area contributed by atoms with Crippen LogP contribution >= 0.6 is 23.4 Å². The van der Waals surface area contributed by atoms with E-state index in [0.29, 0.717) is 10.8 Å². The minimum Gasteiger partial charge on any atom is -0.352 e. The summed E-state index contributed by atoms with van der Waals surface area (Å²) in [6.07, 6.45) is 0.286. The maximum atomic E-state index is 13.2. The molecular formula is C22H26ClFN2O2S. The molecule has 4 nitrogen and oxygen atoms in total. The molecule has 0 fully saturated rings. The number of carbonyl (C=O) groups is 2.